The summed E-state index contributed by atoms with van der Waals surface area (Å²) in [6, 6.07) is 9.33. The number of rotatable bonds is 4. The third-order valence-corrected chi connectivity index (χ3v) is 5.01. The van der Waals surface area contributed by atoms with Crippen molar-refractivity contribution in [2.75, 3.05) is 16.7 Å². The molecule has 0 saturated carbocycles. The second-order valence-corrected chi connectivity index (χ2v) is 7.04. The van der Waals surface area contributed by atoms with Gasteiger partial charge in [0.1, 0.15) is 5.82 Å². The van der Waals surface area contributed by atoms with Gasteiger partial charge in [0.25, 0.3) is 10.0 Å². The first-order valence-corrected chi connectivity index (χ1v) is 8.77. The van der Waals surface area contributed by atoms with Crippen LogP contribution in [0.1, 0.15) is 5.56 Å². The van der Waals surface area contributed by atoms with Crippen molar-refractivity contribution >= 4 is 33.2 Å². The molecule has 7 heteroatoms. The van der Waals surface area contributed by atoms with Gasteiger partial charge in [-0.15, -0.1) is 11.8 Å². The molecule has 0 aromatic heterocycles. The van der Waals surface area contributed by atoms with E-state index in [1.807, 2.05) is 18.4 Å². The Morgan fingerprint density at radius 1 is 1.19 bits per heavy atom. The highest BCUT2D eigenvalue weighted by Gasteiger charge is 2.17. The van der Waals surface area contributed by atoms with Crippen LogP contribution in [0.25, 0.3) is 0 Å². The quantitative estimate of drug-likeness (QED) is 0.668. The van der Waals surface area contributed by atoms with Gasteiger partial charge in [0.2, 0.25) is 0 Å². The van der Waals surface area contributed by atoms with Gasteiger partial charge in [0, 0.05) is 10.6 Å². The van der Waals surface area contributed by atoms with Crippen LogP contribution in [0.4, 0.5) is 15.8 Å². The molecule has 21 heavy (non-hydrogen) atoms. The van der Waals surface area contributed by atoms with Crippen molar-refractivity contribution in [1.82, 2.24) is 0 Å². The standard InChI is InChI=1S/C14H15FN2O2S2/c1-9-7-12(8-13(16)14(9)15)21(18,19)17-10-3-5-11(20-2)6-4-10/h3-8,17H,16H2,1-2H3. The molecule has 0 heterocycles. The van der Waals surface area contributed by atoms with E-state index >= 15 is 0 Å². The third-order valence-electron chi connectivity index (χ3n) is 2.91. The van der Waals surface area contributed by atoms with Crippen LogP contribution in [0.5, 0.6) is 0 Å². The second-order valence-electron chi connectivity index (χ2n) is 4.48. The molecule has 112 valence electrons. The van der Waals surface area contributed by atoms with Crippen LogP contribution in [0.2, 0.25) is 0 Å². The molecular formula is C14H15FN2O2S2. The summed E-state index contributed by atoms with van der Waals surface area (Å²) in [5.74, 6) is -0.599. The molecule has 0 unspecified atom stereocenters. The van der Waals surface area contributed by atoms with E-state index in [1.165, 1.54) is 13.0 Å². The Hall–Kier alpha value is -1.73. The lowest BCUT2D eigenvalue weighted by atomic mass is 10.2. The summed E-state index contributed by atoms with van der Waals surface area (Å²) in [5, 5.41) is 0. The molecule has 0 aliphatic carbocycles. The minimum atomic E-state index is -3.80. The van der Waals surface area contributed by atoms with Crippen molar-refractivity contribution in [3.05, 3.63) is 47.8 Å². The van der Waals surface area contributed by atoms with E-state index in [1.54, 1.807) is 23.9 Å². The number of sulfonamides is 1. The molecule has 2 aromatic rings. The molecule has 3 N–H and O–H groups in total. The Bertz CT molecular complexity index is 736. The van der Waals surface area contributed by atoms with Crippen LogP contribution in [-0.4, -0.2) is 14.7 Å². The smallest absolute Gasteiger partial charge is 0.261 e. The number of benzene rings is 2. The van der Waals surface area contributed by atoms with Crippen molar-refractivity contribution in [2.45, 2.75) is 16.7 Å². The summed E-state index contributed by atoms with van der Waals surface area (Å²) in [6.45, 7) is 1.47. The fourth-order valence-electron chi connectivity index (χ4n) is 1.79. The van der Waals surface area contributed by atoms with Crippen molar-refractivity contribution in [3.8, 4) is 0 Å². The second kappa shape index (κ2) is 5.95. The minimum absolute atomic E-state index is 0.0622. The number of hydrogen-bond acceptors (Lipinski definition) is 4. The van der Waals surface area contributed by atoms with Gasteiger partial charge in [0.15, 0.2) is 0 Å². The SMILES string of the molecule is CSc1ccc(NS(=O)(=O)c2cc(C)c(F)c(N)c2)cc1. The molecule has 0 aliphatic rings. The molecule has 0 spiro atoms. The van der Waals surface area contributed by atoms with Crippen LogP contribution in [0.15, 0.2) is 46.2 Å². The molecular weight excluding hydrogens is 311 g/mol. The lowest BCUT2D eigenvalue weighted by molar-refractivity contribution is 0.599. The van der Waals surface area contributed by atoms with E-state index in [0.717, 1.165) is 11.0 Å². The molecule has 0 atom stereocenters. The number of halogens is 1. The molecule has 0 aliphatic heterocycles. The zero-order valence-electron chi connectivity index (χ0n) is 11.6. The first-order valence-electron chi connectivity index (χ1n) is 6.06. The maximum Gasteiger partial charge on any atom is 0.261 e. The van der Waals surface area contributed by atoms with Crippen molar-refractivity contribution in [2.24, 2.45) is 0 Å². The molecule has 2 rings (SSSR count). The third kappa shape index (κ3) is 3.48. The van der Waals surface area contributed by atoms with E-state index in [-0.39, 0.29) is 16.1 Å². The highest BCUT2D eigenvalue weighted by molar-refractivity contribution is 7.98. The fraction of sp³-hybridized carbons (Fsp3) is 0.143. The summed E-state index contributed by atoms with van der Waals surface area (Å²) in [7, 11) is -3.80. The number of nitrogens with one attached hydrogen (secondary N) is 1. The topological polar surface area (TPSA) is 72.2 Å². The number of anilines is 2. The number of thioether (sulfide) groups is 1. The maximum atomic E-state index is 13.5. The van der Waals surface area contributed by atoms with Gasteiger partial charge < -0.3 is 5.73 Å². The number of hydrogen-bond donors (Lipinski definition) is 2. The van der Waals surface area contributed by atoms with Crippen LogP contribution >= 0.6 is 11.8 Å². The van der Waals surface area contributed by atoms with Gasteiger partial charge in [-0.1, -0.05) is 0 Å². The van der Waals surface area contributed by atoms with E-state index in [2.05, 4.69) is 4.72 Å². The van der Waals surface area contributed by atoms with E-state index in [4.69, 9.17) is 5.73 Å². The van der Waals surface area contributed by atoms with Crippen LogP contribution in [0.3, 0.4) is 0 Å². The van der Waals surface area contributed by atoms with Crippen LogP contribution in [0, 0.1) is 12.7 Å². The first kappa shape index (κ1) is 15.7. The van der Waals surface area contributed by atoms with Crippen molar-refractivity contribution < 1.29 is 12.8 Å². The monoisotopic (exact) mass is 326 g/mol. The normalized spacial score (nSPS) is 11.4. The van der Waals surface area contributed by atoms with Crippen molar-refractivity contribution in [3.63, 3.8) is 0 Å². The Balaban J connectivity index is 2.33. The largest absolute Gasteiger partial charge is 0.396 e. The predicted molar refractivity (Wildman–Crippen MR) is 84.6 cm³/mol. The first-order chi connectivity index (χ1) is 9.83. The number of aryl methyl sites for hydroxylation is 1. The molecule has 0 amide bonds. The zero-order chi connectivity index (χ0) is 15.6. The highest BCUT2D eigenvalue weighted by Crippen LogP contribution is 2.24. The lowest BCUT2D eigenvalue weighted by Crippen LogP contribution is -2.14. The van der Waals surface area contributed by atoms with Gasteiger partial charge in [-0.2, -0.15) is 0 Å². The van der Waals surface area contributed by atoms with Crippen LogP contribution < -0.4 is 10.5 Å². The van der Waals surface area contributed by atoms with Gasteiger partial charge in [-0.25, -0.2) is 12.8 Å². The molecule has 4 nitrogen and oxygen atoms in total. The van der Waals surface area contributed by atoms with Crippen LogP contribution in [-0.2, 0) is 10.0 Å². The lowest BCUT2D eigenvalue weighted by Gasteiger charge is -2.10. The molecule has 2 aromatic carbocycles. The average Bonchev–Trinajstić information content (AvgIpc) is 2.44. The van der Waals surface area contributed by atoms with Crippen molar-refractivity contribution in [1.29, 1.82) is 0 Å². The molecule has 0 saturated heterocycles. The van der Waals surface area contributed by atoms with Gasteiger partial charge in [-0.05, 0) is 55.1 Å². The Morgan fingerprint density at radius 3 is 2.33 bits per heavy atom. The number of nitrogen functional groups attached to an aromatic ring is 1. The van der Waals surface area contributed by atoms with E-state index < -0.39 is 15.8 Å². The molecule has 0 radical (unpaired) electrons. The van der Waals surface area contributed by atoms with Gasteiger partial charge in [0.05, 0.1) is 10.6 Å². The predicted octanol–water partition coefficient (Wildman–Crippen LogP) is 3.24. The summed E-state index contributed by atoms with van der Waals surface area (Å²) in [6.07, 6.45) is 1.93. The zero-order valence-corrected chi connectivity index (χ0v) is 13.2. The maximum absolute atomic E-state index is 13.5. The highest BCUT2D eigenvalue weighted by atomic mass is 32.2. The Labute approximate surface area is 127 Å². The summed E-state index contributed by atoms with van der Waals surface area (Å²) in [5.41, 5.74) is 5.92. The number of nitrogens with two attached hydrogens (primary N) is 1. The summed E-state index contributed by atoms with van der Waals surface area (Å²) < 4.78 is 40.5. The van der Waals surface area contributed by atoms with E-state index in [9.17, 15) is 12.8 Å². The van der Waals surface area contributed by atoms with E-state index in [0.29, 0.717) is 5.69 Å². The Morgan fingerprint density at radius 2 is 1.81 bits per heavy atom. The molecule has 0 fully saturated rings. The minimum Gasteiger partial charge on any atom is -0.396 e. The fourth-order valence-corrected chi connectivity index (χ4v) is 3.38. The Kier molecular flexibility index (Phi) is 4.43. The average molecular weight is 326 g/mol. The summed E-state index contributed by atoms with van der Waals surface area (Å²) >= 11 is 1.56. The van der Waals surface area contributed by atoms with Gasteiger partial charge in [-0.3, -0.25) is 4.72 Å². The summed E-state index contributed by atoms with van der Waals surface area (Å²) in [4.78, 5) is 0.965. The molecule has 0 bridgehead atoms. The van der Waals surface area contributed by atoms with Gasteiger partial charge >= 0.3 is 0 Å².